The Kier molecular flexibility index (Phi) is 9.45. The van der Waals surface area contributed by atoms with E-state index in [4.69, 9.17) is 4.99 Å². The molecule has 196 valence electrons. The van der Waals surface area contributed by atoms with E-state index < -0.39 is 0 Å². The number of nitrogens with one attached hydrogen (secondary N) is 1. The van der Waals surface area contributed by atoms with Crippen molar-refractivity contribution in [2.45, 2.75) is 105 Å². The number of nitrogens with zero attached hydrogens (tertiary/aromatic N) is 1. The Morgan fingerprint density at radius 3 is 2.53 bits per heavy atom. The number of rotatable bonds is 11. The standard InChI is InChI=1S/C34H50N2/c1-7-23(4)17-28-13-14-29(18-25(28)6)32-19-31(20-33-34(32)26(8-2)15-16-36-33)24(5)11-10-12-30-22-35-21-27(30)9-3/h13-14,16,18-20,23-24,26-27,30,35H,7-12,15,17,21-22H2,1-6H3. The van der Waals surface area contributed by atoms with E-state index in [1.165, 1.54) is 97.1 Å². The molecule has 36 heavy (non-hydrogen) atoms. The number of aliphatic imine (C=N–C) groups is 1. The van der Waals surface area contributed by atoms with Crippen molar-refractivity contribution in [3.63, 3.8) is 0 Å². The van der Waals surface area contributed by atoms with Crippen molar-refractivity contribution in [1.82, 2.24) is 5.32 Å². The summed E-state index contributed by atoms with van der Waals surface area (Å²) in [7, 11) is 0. The highest BCUT2D eigenvalue weighted by atomic mass is 14.9. The summed E-state index contributed by atoms with van der Waals surface area (Å²) in [6.07, 6.45) is 12.1. The molecule has 1 N–H and O–H groups in total. The Morgan fingerprint density at radius 1 is 1.00 bits per heavy atom. The van der Waals surface area contributed by atoms with Gasteiger partial charge in [0.2, 0.25) is 0 Å². The first kappa shape index (κ1) is 27.1. The van der Waals surface area contributed by atoms with Crippen LogP contribution in [0.15, 0.2) is 35.3 Å². The first-order chi connectivity index (χ1) is 17.4. The second-order valence-electron chi connectivity index (χ2n) is 11.9. The average molecular weight is 487 g/mol. The van der Waals surface area contributed by atoms with Crippen LogP contribution in [-0.4, -0.2) is 19.3 Å². The minimum atomic E-state index is 0.562. The monoisotopic (exact) mass is 486 g/mol. The molecule has 0 amide bonds. The van der Waals surface area contributed by atoms with Crippen LogP contribution in [0.1, 0.15) is 114 Å². The summed E-state index contributed by atoms with van der Waals surface area (Å²) in [5.41, 5.74) is 9.92. The minimum Gasteiger partial charge on any atom is -0.316 e. The number of benzene rings is 2. The van der Waals surface area contributed by atoms with Crippen LogP contribution >= 0.6 is 0 Å². The topological polar surface area (TPSA) is 24.4 Å². The summed E-state index contributed by atoms with van der Waals surface area (Å²) in [6, 6.07) is 12.2. The number of hydrogen-bond donors (Lipinski definition) is 1. The lowest BCUT2D eigenvalue weighted by atomic mass is 9.80. The third-order valence-corrected chi connectivity index (χ3v) is 9.41. The fourth-order valence-corrected chi connectivity index (χ4v) is 6.55. The Labute approximate surface area is 221 Å². The van der Waals surface area contributed by atoms with E-state index in [-0.39, 0.29) is 0 Å². The maximum atomic E-state index is 4.94. The molecule has 2 heterocycles. The molecule has 1 fully saturated rings. The van der Waals surface area contributed by atoms with Crippen LogP contribution in [0.5, 0.6) is 0 Å². The van der Waals surface area contributed by atoms with E-state index in [0.717, 1.165) is 24.2 Å². The summed E-state index contributed by atoms with van der Waals surface area (Å²) < 4.78 is 0. The van der Waals surface area contributed by atoms with Gasteiger partial charge >= 0.3 is 0 Å². The van der Waals surface area contributed by atoms with Crippen LogP contribution in [0.4, 0.5) is 5.69 Å². The van der Waals surface area contributed by atoms with Crippen LogP contribution in [0.3, 0.4) is 0 Å². The summed E-state index contributed by atoms with van der Waals surface area (Å²) >= 11 is 0. The molecule has 2 nitrogen and oxygen atoms in total. The van der Waals surface area contributed by atoms with Gasteiger partial charge in [-0.2, -0.15) is 0 Å². The molecule has 0 aromatic heterocycles. The van der Waals surface area contributed by atoms with Gasteiger partial charge in [-0.15, -0.1) is 0 Å². The van der Waals surface area contributed by atoms with E-state index in [9.17, 15) is 0 Å². The van der Waals surface area contributed by atoms with Gasteiger partial charge in [0.25, 0.3) is 0 Å². The zero-order valence-electron chi connectivity index (χ0n) is 23.9. The van der Waals surface area contributed by atoms with Crippen LogP contribution < -0.4 is 5.32 Å². The van der Waals surface area contributed by atoms with Crippen molar-refractivity contribution < 1.29 is 0 Å². The molecule has 1 saturated heterocycles. The van der Waals surface area contributed by atoms with Crippen LogP contribution in [0, 0.1) is 24.7 Å². The van der Waals surface area contributed by atoms with Crippen molar-refractivity contribution >= 4 is 11.9 Å². The number of fused-ring (bicyclic) bond motifs is 1. The van der Waals surface area contributed by atoms with Gasteiger partial charge in [0.05, 0.1) is 5.69 Å². The van der Waals surface area contributed by atoms with Crippen molar-refractivity contribution in [1.29, 1.82) is 0 Å². The van der Waals surface area contributed by atoms with Gasteiger partial charge in [0, 0.05) is 6.21 Å². The summed E-state index contributed by atoms with van der Waals surface area (Å²) in [4.78, 5) is 4.94. The number of aryl methyl sites for hydroxylation is 1. The van der Waals surface area contributed by atoms with Gasteiger partial charge in [0.15, 0.2) is 0 Å². The van der Waals surface area contributed by atoms with Crippen LogP contribution in [0.25, 0.3) is 11.1 Å². The molecular formula is C34H50N2. The van der Waals surface area contributed by atoms with E-state index >= 15 is 0 Å². The molecule has 4 rings (SSSR count). The molecule has 2 aliphatic heterocycles. The number of hydrogen-bond acceptors (Lipinski definition) is 2. The van der Waals surface area contributed by atoms with Crippen LogP contribution in [0.2, 0.25) is 0 Å². The molecule has 2 aromatic carbocycles. The van der Waals surface area contributed by atoms with Crippen molar-refractivity contribution in [2.75, 3.05) is 13.1 Å². The Morgan fingerprint density at radius 2 is 1.81 bits per heavy atom. The minimum absolute atomic E-state index is 0.562. The third kappa shape index (κ3) is 6.13. The van der Waals surface area contributed by atoms with Gasteiger partial charge in [0.1, 0.15) is 0 Å². The van der Waals surface area contributed by atoms with Gasteiger partial charge in [-0.1, -0.05) is 78.1 Å². The third-order valence-electron chi connectivity index (χ3n) is 9.41. The van der Waals surface area contributed by atoms with Crippen molar-refractivity contribution in [2.24, 2.45) is 22.7 Å². The molecule has 0 spiro atoms. The highest BCUT2D eigenvalue weighted by Crippen LogP contribution is 2.44. The second kappa shape index (κ2) is 12.5. The predicted molar refractivity (Wildman–Crippen MR) is 158 cm³/mol. The zero-order chi connectivity index (χ0) is 25.7. The molecule has 5 unspecified atom stereocenters. The lowest BCUT2D eigenvalue weighted by molar-refractivity contribution is 0.367. The molecular weight excluding hydrogens is 436 g/mol. The lowest BCUT2D eigenvalue weighted by Crippen LogP contribution is -2.12. The summed E-state index contributed by atoms with van der Waals surface area (Å²) in [6.45, 7) is 16.5. The first-order valence-corrected chi connectivity index (χ1v) is 15.0. The van der Waals surface area contributed by atoms with Crippen LogP contribution in [-0.2, 0) is 6.42 Å². The molecule has 0 bridgehead atoms. The quantitative estimate of drug-likeness (QED) is 0.336. The Bertz CT molecular complexity index is 1040. The van der Waals surface area contributed by atoms with Crippen molar-refractivity contribution in [3.05, 3.63) is 52.6 Å². The molecule has 2 aromatic rings. The van der Waals surface area contributed by atoms with Gasteiger partial charge in [-0.25, -0.2) is 0 Å². The lowest BCUT2D eigenvalue weighted by Gasteiger charge is -2.26. The largest absolute Gasteiger partial charge is 0.316 e. The highest BCUT2D eigenvalue weighted by Gasteiger charge is 2.26. The van der Waals surface area contributed by atoms with E-state index in [1.807, 2.05) is 0 Å². The first-order valence-electron chi connectivity index (χ1n) is 15.0. The molecule has 0 saturated carbocycles. The maximum Gasteiger partial charge on any atom is 0.0669 e. The zero-order valence-corrected chi connectivity index (χ0v) is 23.9. The smallest absolute Gasteiger partial charge is 0.0669 e. The van der Waals surface area contributed by atoms with E-state index in [1.54, 1.807) is 0 Å². The van der Waals surface area contributed by atoms with E-state index in [2.05, 4.69) is 83.4 Å². The summed E-state index contributed by atoms with van der Waals surface area (Å²) in [5.74, 6) is 3.61. The second-order valence-corrected chi connectivity index (χ2v) is 11.9. The summed E-state index contributed by atoms with van der Waals surface area (Å²) in [5, 5.41) is 3.62. The molecule has 5 atom stereocenters. The van der Waals surface area contributed by atoms with Gasteiger partial charge in [-0.05, 0) is 121 Å². The Balaban J connectivity index is 1.60. The SMILES string of the molecule is CCC(C)Cc1ccc(-c2cc(C(C)CCCC3CNCC3CC)cc3c2C(CC)CC=N3)cc1C. The maximum absolute atomic E-state index is 4.94. The average Bonchev–Trinajstić information content (AvgIpc) is 3.36. The Hall–Kier alpha value is -1.93. The van der Waals surface area contributed by atoms with E-state index in [0.29, 0.717) is 11.8 Å². The molecule has 0 radical (unpaired) electrons. The normalized spacial score (nSPS) is 23.0. The fraction of sp³-hybridized carbons (Fsp3) is 0.618. The fourth-order valence-electron chi connectivity index (χ4n) is 6.55. The molecule has 0 aliphatic carbocycles. The highest BCUT2D eigenvalue weighted by molar-refractivity contribution is 5.81. The molecule has 2 aliphatic rings. The van der Waals surface area contributed by atoms with Gasteiger partial charge < -0.3 is 5.32 Å². The molecule has 2 heteroatoms. The predicted octanol–water partition coefficient (Wildman–Crippen LogP) is 9.37. The van der Waals surface area contributed by atoms with Gasteiger partial charge in [-0.3, -0.25) is 4.99 Å². The van der Waals surface area contributed by atoms with Crippen molar-refractivity contribution in [3.8, 4) is 11.1 Å².